The zero-order valence-corrected chi connectivity index (χ0v) is 8.90. The fraction of sp³-hybridized carbons (Fsp3) is 0.545. The average molecular weight is 212 g/mol. The summed E-state index contributed by atoms with van der Waals surface area (Å²) in [6.07, 6.45) is 3.57. The summed E-state index contributed by atoms with van der Waals surface area (Å²) in [4.78, 5) is 10.6. The maximum atomic E-state index is 10.6. The topological polar surface area (TPSA) is 44.8 Å². The van der Waals surface area contributed by atoms with Crippen molar-refractivity contribution in [2.75, 3.05) is 19.8 Å². The Balaban J connectivity index is 2.04. The van der Waals surface area contributed by atoms with E-state index >= 15 is 0 Å². The van der Waals surface area contributed by atoms with E-state index in [4.69, 9.17) is 9.47 Å². The lowest BCUT2D eigenvalue weighted by Crippen LogP contribution is -2.13. The molecule has 84 valence electrons. The van der Waals surface area contributed by atoms with E-state index in [-0.39, 0.29) is 6.10 Å². The van der Waals surface area contributed by atoms with Crippen LogP contribution in [0.15, 0.2) is 24.3 Å². The van der Waals surface area contributed by atoms with Crippen LogP contribution >= 0.6 is 0 Å². The molecule has 0 saturated carbocycles. The lowest BCUT2D eigenvalue weighted by atomic mass is 10.3. The van der Waals surface area contributed by atoms with Gasteiger partial charge >= 0.3 is 6.16 Å². The lowest BCUT2D eigenvalue weighted by Gasteiger charge is -2.07. The molecule has 1 aliphatic rings. The lowest BCUT2D eigenvalue weighted by molar-refractivity contribution is 0.0912. The summed E-state index contributed by atoms with van der Waals surface area (Å²) in [6.45, 7) is 7.04. The Labute approximate surface area is 89.5 Å². The van der Waals surface area contributed by atoms with Crippen molar-refractivity contribution in [3.8, 4) is 0 Å². The molecule has 4 heteroatoms. The van der Waals surface area contributed by atoms with Crippen LogP contribution in [0.2, 0.25) is 0 Å². The van der Waals surface area contributed by atoms with E-state index < -0.39 is 6.16 Å². The highest BCUT2D eigenvalue weighted by Gasteiger charge is 2.24. The van der Waals surface area contributed by atoms with E-state index in [1.165, 1.54) is 0 Å². The molecule has 0 radical (unpaired) electrons. The summed E-state index contributed by atoms with van der Waals surface area (Å²) in [5.74, 6) is 0. The first-order valence-corrected chi connectivity index (χ1v) is 4.91. The molecule has 15 heavy (non-hydrogen) atoms. The maximum absolute atomic E-state index is 10.6. The molecule has 1 saturated heterocycles. The smallest absolute Gasteiger partial charge is 0.430 e. The highest BCUT2D eigenvalue weighted by Crippen LogP contribution is 2.09. The van der Waals surface area contributed by atoms with Crippen molar-refractivity contribution in [2.24, 2.45) is 0 Å². The van der Waals surface area contributed by atoms with E-state index in [0.717, 1.165) is 5.57 Å². The van der Waals surface area contributed by atoms with Crippen molar-refractivity contribution in [3.63, 3.8) is 0 Å². The SMILES string of the molecule is C=CC=C(C)COCCC1COC(=O)O1. The zero-order valence-electron chi connectivity index (χ0n) is 8.90. The molecule has 0 aromatic rings. The van der Waals surface area contributed by atoms with Gasteiger partial charge in [0.05, 0.1) is 13.2 Å². The van der Waals surface area contributed by atoms with E-state index in [1.807, 2.05) is 13.0 Å². The third kappa shape index (κ3) is 4.65. The summed E-state index contributed by atoms with van der Waals surface area (Å²) in [5, 5.41) is 0. The van der Waals surface area contributed by atoms with E-state index in [9.17, 15) is 4.79 Å². The first kappa shape index (κ1) is 11.8. The molecule has 1 atom stereocenters. The van der Waals surface area contributed by atoms with Crippen LogP contribution in [0.5, 0.6) is 0 Å². The molecule has 0 aromatic heterocycles. The second-order valence-electron chi connectivity index (χ2n) is 3.39. The molecule has 1 aliphatic heterocycles. The van der Waals surface area contributed by atoms with Crippen LogP contribution in [-0.2, 0) is 14.2 Å². The van der Waals surface area contributed by atoms with Crippen LogP contribution in [-0.4, -0.2) is 32.1 Å². The Kier molecular flexibility index (Phi) is 4.90. The molecule has 0 aromatic carbocycles. The Morgan fingerprint density at radius 1 is 1.73 bits per heavy atom. The number of allylic oxidation sites excluding steroid dienone is 2. The number of hydrogen-bond donors (Lipinski definition) is 0. The molecule has 0 spiro atoms. The Morgan fingerprint density at radius 2 is 2.53 bits per heavy atom. The third-order valence-corrected chi connectivity index (χ3v) is 1.97. The molecule has 1 heterocycles. The van der Waals surface area contributed by atoms with Gasteiger partial charge < -0.3 is 14.2 Å². The van der Waals surface area contributed by atoms with Gasteiger partial charge in [-0.25, -0.2) is 4.79 Å². The van der Waals surface area contributed by atoms with E-state index in [2.05, 4.69) is 11.3 Å². The Hall–Kier alpha value is -1.29. The zero-order chi connectivity index (χ0) is 11.1. The predicted molar refractivity (Wildman–Crippen MR) is 55.6 cm³/mol. The molecule has 1 fully saturated rings. The predicted octanol–water partition coefficient (Wildman–Crippen LogP) is 2.06. The maximum Gasteiger partial charge on any atom is 0.508 e. The van der Waals surface area contributed by atoms with Crippen molar-refractivity contribution >= 4 is 6.16 Å². The summed E-state index contributed by atoms with van der Waals surface area (Å²) in [6, 6.07) is 0. The van der Waals surface area contributed by atoms with Crippen molar-refractivity contribution < 1.29 is 19.0 Å². The summed E-state index contributed by atoms with van der Waals surface area (Å²) >= 11 is 0. The van der Waals surface area contributed by atoms with Gasteiger partial charge in [-0.3, -0.25) is 0 Å². The molecule has 1 unspecified atom stereocenters. The normalized spacial score (nSPS) is 21.0. The molecule has 0 bridgehead atoms. The standard InChI is InChI=1S/C11H16O4/c1-3-4-9(2)7-13-6-5-10-8-14-11(12)15-10/h3-4,10H,1,5-8H2,2H3. The molecular weight excluding hydrogens is 196 g/mol. The highest BCUT2D eigenvalue weighted by atomic mass is 16.8. The minimum Gasteiger partial charge on any atom is -0.430 e. The summed E-state index contributed by atoms with van der Waals surface area (Å²) in [7, 11) is 0. The van der Waals surface area contributed by atoms with Gasteiger partial charge in [0.1, 0.15) is 12.7 Å². The number of rotatable bonds is 6. The van der Waals surface area contributed by atoms with Gasteiger partial charge in [0.25, 0.3) is 0 Å². The van der Waals surface area contributed by atoms with Crippen LogP contribution < -0.4 is 0 Å². The average Bonchev–Trinajstić information content (AvgIpc) is 2.60. The van der Waals surface area contributed by atoms with Crippen molar-refractivity contribution in [3.05, 3.63) is 24.3 Å². The van der Waals surface area contributed by atoms with Crippen LogP contribution in [0.4, 0.5) is 4.79 Å². The van der Waals surface area contributed by atoms with Crippen LogP contribution in [0.1, 0.15) is 13.3 Å². The molecule has 0 amide bonds. The van der Waals surface area contributed by atoms with Gasteiger partial charge in [-0.05, 0) is 12.5 Å². The van der Waals surface area contributed by atoms with Gasteiger partial charge in [0, 0.05) is 6.42 Å². The second kappa shape index (κ2) is 6.24. The van der Waals surface area contributed by atoms with Crippen LogP contribution in [0, 0.1) is 0 Å². The van der Waals surface area contributed by atoms with Gasteiger partial charge in [0.15, 0.2) is 0 Å². The molecule has 0 N–H and O–H groups in total. The summed E-state index contributed by atoms with van der Waals surface area (Å²) in [5.41, 5.74) is 1.12. The van der Waals surface area contributed by atoms with Gasteiger partial charge in [0.2, 0.25) is 0 Å². The van der Waals surface area contributed by atoms with Crippen LogP contribution in [0.25, 0.3) is 0 Å². The van der Waals surface area contributed by atoms with E-state index in [1.54, 1.807) is 6.08 Å². The first-order valence-electron chi connectivity index (χ1n) is 4.91. The number of hydrogen-bond acceptors (Lipinski definition) is 4. The molecule has 0 aliphatic carbocycles. The minimum atomic E-state index is -0.581. The minimum absolute atomic E-state index is 0.152. The highest BCUT2D eigenvalue weighted by molar-refractivity contribution is 5.61. The molecule has 4 nitrogen and oxygen atoms in total. The van der Waals surface area contributed by atoms with E-state index in [0.29, 0.717) is 26.2 Å². The third-order valence-electron chi connectivity index (χ3n) is 1.97. The molecular formula is C11H16O4. The van der Waals surface area contributed by atoms with Crippen molar-refractivity contribution in [1.29, 1.82) is 0 Å². The second-order valence-corrected chi connectivity index (χ2v) is 3.39. The van der Waals surface area contributed by atoms with Crippen LogP contribution in [0.3, 0.4) is 0 Å². The number of cyclic esters (lactones) is 2. The quantitative estimate of drug-likeness (QED) is 0.384. The summed E-state index contributed by atoms with van der Waals surface area (Å²) < 4.78 is 14.9. The number of carbonyl (C=O) groups is 1. The Morgan fingerprint density at radius 3 is 3.13 bits per heavy atom. The van der Waals surface area contributed by atoms with Crippen molar-refractivity contribution in [1.82, 2.24) is 0 Å². The van der Waals surface area contributed by atoms with Gasteiger partial charge in [-0.15, -0.1) is 0 Å². The number of carbonyl (C=O) groups excluding carboxylic acids is 1. The van der Waals surface area contributed by atoms with Gasteiger partial charge in [-0.1, -0.05) is 18.7 Å². The van der Waals surface area contributed by atoms with Gasteiger partial charge in [-0.2, -0.15) is 0 Å². The number of ether oxygens (including phenoxy) is 3. The first-order chi connectivity index (χ1) is 7.22. The molecule has 1 rings (SSSR count). The Bertz CT molecular complexity index is 257. The van der Waals surface area contributed by atoms with Crippen molar-refractivity contribution in [2.45, 2.75) is 19.4 Å². The largest absolute Gasteiger partial charge is 0.508 e. The fourth-order valence-corrected chi connectivity index (χ4v) is 1.20. The fourth-order valence-electron chi connectivity index (χ4n) is 1.20. The monoisotopic (exact) mass is 212 g/mol.